The van der Waals surface area contributed by atoms with Crippen LogP contribution in [0.2, 0.25) is 6.04 Å². The third-order valence-electron chi connectivity index (χ3n) is 2.79. The van der Waals surface area contributed by atoms with Crippen molar-refractivity contribution in [3.63, 3.8) is 0 Å². The molecule has 0 fully saturated rings. The first-order valence-electron chi connectivity index (χ1n) is 7.65. The van der Waals surface area contributed by atoms with Crippen LogP contribution in [0.5, 0.6) is 0 Å². The van der Waals surface area contributed by atoms with Crippen LogP contribution in [0.25, 0.3) is 0 Å². The highest BCUT2D eigenvalue weighted by molar-refractivity contribution is 6.60. The van der Waals surface area contributed by atoms with Gasteiger partial charge in [0.05, 0.1) is 0 Å². The molecule has 5 nitrogen and oxygen atoms in total. The smallest absolute Gasteiger partial charge is 0.373 e. The fraction of sp³-hybridized carbons (Fsp3) is 1.00. The van der Waals surface area contributed by atoms with E-state index >= 15 is 0 Å². The van der Waals surface area contributed by atoms with E-state index in [1.807, 2.05) is 0 Å². The number of hydrogen-bond donors (Lipinski definition) is 0. The van der Waals surface area contributed by atoms with Crippen LogP contribution >= 0.6 is 0 Å². The number of hydrogen-bond acceptors (Lipinski definition) is 5. The average Bonchev–Trinajstić information content (AvgIpc) is 2.49. The molecule has 0 bridgehead atoms. The monoisotopic (exact) mass is 308 g/mol. The highest BCUT2D eigenvalue weighted by atomic mass is 28.4. The van der Waals surface area contributed by atoms with E-state index in [2.05, 4.69) is 20.8 Å². The van der Waals surface area contributed by atoms with Gasteiger partial charge in [0.2, 0.25) is 0 Å². The van der Waals surface area contributed by atoms with E-state index in [4.69, 9.17) is 22.8 Å². The molecule has 0 aromatic heterocycles. The molecule has 20 heavy (non-hydrogen) atoms. The summed E-state index contributed by atoms with van der Waals surface area (Å²) in [4.78, 5) is 0. The van der Waals surface area contributed by atoms with Crippen LogP contribution in [0, 0.1) is 0 Å². The molecule has 0 heterocycles. The molecule has 0 atom stereocenters. The Kier molecular flexibility index (Phi) is 12.7. The molecule has 122 valence electrons. The van der Waals surface area contributed by atoms with Gasteiger partial charge in [-0.15, -0.1) is 0 Å². The molecule has 0 saturated heterocycles. The summed E-state index contributed by atoms with van der Waals surface area (Å²) in [5, 5.41) is 0. The summed E-state index contributed by atoms with van der Waals surface area (Å²) in [6.07, 6.45) is 3.35. The summed E-state index contributed by atoms with van der Waals surface area (Å²) in [6.45, 7) is 8.28. The molecule has 0 saturated carbocycles. The molecule has 0 aliphatic carbocycles. The topological polar surface area (TPSA) is 46.2 Å². The molecule has 0 spiro atoms. The Morgan fingerprint density at radius 1 is 0.750 bits per heavy atom. The van der Waals surface area contributed by atoms with Crippen molar-refractivity contribution in [1.29, 1.82) is 0 Å². The zero-order valence-corrected chi connectivity index (χ0v) is 14.8. The maximum absolute atomic E-state index is 6.01. The van der Waals surface area contributed by atoms with Crippen molar-refractivity contribution in [2.24, 2.45) is 0 Å². The van der Waals surface area contributed by atoms with Crippen LogP contribution in [-0.4, -0.2) is 49.1 Å². The largest absolute Gasteiger partial charge is 0.501 e. The van der Waals surface area contributed by atoms with Crippen LogP contribution in [0.4, 0.5) is 0 Å². The van der Waals surface area contributed by atoms with E-state index < -0.39 is 8.80 Å². The van der Waals surface area contributed by atoms with E-state index in [0.29, 0.717) is 19.8 Å². The summed E-state index contributed by atoms with van der Waals surface area (Å²) in [5.74, 6) is 0. The summed E-state index contributed by atoms with van der Waals surface area (Å²) in [6, 6.07) is 0.722. The van der Waals surface area contributed by atoms with Gasteiger partial charge in [0, 0.05) is 46.5 Å². The number of rotatable bonds is 14. The predicted molar refractivity (Wildman–Crippen MR) is 81.7 cm³/mol. The van der Waals surface area contributed by atoms with Gasteiger partial charge in [0.1, 0.15) is 0 Å². The minimum atomic E-state index is -2.61. The van der Waals surface area contributed by atoms with E-state index in [1.54, 1.807) is 14.2 Å². The Bertz CT molecular complexity index is 190. The second kappa shape index (κ2) is 12.7. The lowest BCUT2D eigenvalue weighted by atomic mass is 10.5. The van der Waals surface area contributed by atoms with Gasteiger partial charge in [0.25, 0.3) is 0 Å². The molecule has 0 aliphatic heterocycles. The van der Waals surface area contributed by atoms with Crippen molar-refractivity contribution < 1.29 is 22.8 Å². The van der Waals surface area contributed by atoms with Crippen molar-refractivity contribution in [3.8, 4) is 0 Å². The van der Waals surface area contributed by atoms with Crippen LogP contribution in [0.1, 0.15) is 46.5 Å². The number of ether oxygens (including phenoxy) is 2. The highest BCUT2D eigenvalue weighted by Crippen LogP contribution is 2.21. The molecule has 6 heteroatoms. The van der Waals surface area contributed by atoms with Gasteiger partial charge in [-0.25, -0.2) is 0 Å². The Morgan fingerprint density at radius 2 is 1.15 bits per heavy atom. The molecular formula is C14H32O5Si. The van der Waals surface area contributed by atoms with Crippen LogP contribution < -0.4 is 0 Å². The minimum absolute atomic E-state index is 0.234. The van der Waals surface area contributed by atoms with Crippen molar-refractivity contribution in [1.82, 2.24) is 0 Å². The van der Waals surface area contributed by atoms with Crippen LogP contribution in [0.3, 0.4) is 0 Å². The Balaban J connectivity index is 4.64. The molecule has 0 radical (unpaired) electrons. The Labute approximate surface area is 125 Å². The average molecular weight is 308 g/mol. The fourth-order valence-corrected chi connectivity index (χ4v) is 4.56. The first-order chi connectivity index (χ1) is 9.67. The van der Waals surface area contributed by atoms with Gasteiger partial charge in [-0.1, -0.05) is 20.8 Å². The number of methoxy groups -OCH3 is 2. The summed E-state index contributed by atoms with van der Waals surface area (Å²) < 4.78 is 28.5. The summed E-state index contributed by atoms with van der Waals surface area (Å²) in [5.41, 5.74) is 0. The van der Waals surface area contributed by atoms with Gasteiger partial charge < -0.3 is 22.8 Å². The van der Waals surface area contributed by atoms with Gasteiger partial charge in [-0.2, -0.15) is 0 Å². The molecular weight excluding hydrogens is 276 g/mol. The van der Waals surface area contributed by atoms with Gasteiger partial charge in [-0.05, 0) is 19.3 Å². The van der Waals surface area contributed by atoms with Crippen LogP contribution in [0.15, 0.2) is 0 Å². The van der Waals surface area contributed by atoms with Crippen LogP contribution in [-0.2, 0) is 22.8 Å². The van der Waals surface area contributed by atoms with Crippen molar-refractivity contribution in [3.05, 3.63) is 0 Å². The maximum atomic E-state index is 6.01. The molecule has 0 unspecified atom stereocenters. The quantitative estimate of drug-likeness (QED) is 0.364. The second-order valence-corrected chi connectivity index (χ2v) is 7.40. The normalized spacial score (nSPS) is 12.3. The lowest BCUT2D eigenvalue weighted by Gasteiger charge is -2.30. The van der Waals surface area contributed by atoms with E-state index in [0.717, 1.165) is 31.7 Å². The fourth-order valence-electron chi connectivity index (χ4n) is 1.74. The highest BCUT2D eigenvalue weighted by Gasteiger charge is 2.41. The maximum Gasteiger partial charge on any atom is 0.501 e. The van der Waals surface area contributed by atoms with Gasteiger partial charge >= 0.3 is 8.80 Å². The predicted octanol–water partition coefficient (Wildman–Crippen LogP) is 3.21. The summed E-state index contributed by atoms with van der Waals surface area (Å²) in [7, 11) is 0.672. The zero-order chi connectivity index (χ0) is 15.3. The molecule has 0 aromatic carbocycles. The molecule has 0 rings (SSSR count). The minimum Gasteiger partial charge on any atom is -0.373 e. The third-order valence-corrected chi connectivity index (χ3v) is 5.62. The van der Waals surface area contributed by atoms with E-state index in [9.17, 15) is 0 Å². The van der Waals surface area contributed by atoms with Crippen molar-refractivity contribution in [2.75, 3.05) is 34.0 Å². The Hall–Kier alpha value is 0.0169. The molecule has 0 N–H and O–H groups in total. The zero-order valence-electron chi connectivity index (χ0n) is 13.8. The van der Waals surface area contributed by atoms with Crippen molar-refractivity contribution >= 4 is 8.80 Å². The molecule has 0 aromatic rings. The lowest BCUT2D eigenvalue weighted by molar-refractivity contribution is -0.105. The Morgan fingerprint density at radius 3 is 1.45 bits per heavy atom. The first kappa shape index (κ1) is 20.0. The molecule has 0 aliphatic rings. The van der Waals surface area contributed by atoms with Gasteiger partial charge in [-0.3, -0.25) is 0 Å². The van der Waals surface area contributed by atoms with E-state index in [1.165, 1.54) is 0 Å². The van der Waals surface area contributed by atoms with Crippen molar-refractivity contribution in [2.45, 2.75) is 58.8 Å². The van der Waals surface area contributed by atoms with E-state index in [-0.39, 0.29) is 6.29 Å². The third kappa shape index (κ3) is 8.34. The SMILES string of the molecule is CCCO[Si](CCC(OC)OC)(OCCC)OCCC. The van der Waals surface area contributed by atoms with Gasteiger partial charge in [0.15, 0.2) is 6.29 Å². The lowest BCUT2D eigenvalue weighted by Crippen LogP contribution is -2.47. The second-order valence-electron chi connectivity index (χ2n) is 4.67. The standard InChI is InChI=1S/C14H32O5Si/c1-6-10-17-20(18-11-7-2,19-12-8-3)13-9-14(15-4)16-5/h14H,6-13H2,1-5H3. The first-order valence-corrected chi connectivity index (χ1v) is 9.58. The summed E-state index contributed by atoms with van der Waals surface area (Å²) >= 11 is 0. The molecule has 0 amide bonds.